The molecule has 0 aliphatic carbocycles. The summed E-state index contributed by atoms with van der Waals surface area (Å²) in [4.78, 5) is 16.3. The molecule has 1 amide bonds. The molecule has 4 heteroatoms. The summed E-state index contributed by atoms with van der Waals surface area (Å²) >= 11 is 0. The fourth-order valence-corrected chi connectivity index (χ4v) is 2.24. The molecule has 80 valence electrons. The molecule has 0 saturated carbocycles. The van der Waals surface area contributed by atoms with E-state index in [-0.39, 0.29) is 11.9 Å². The summed E-state index contributed by atoms with van der Waals surface area (Å²) in [5.74, 6) is 0.237. The van der Waals surface area contributed by atoms with E-state index in [0.29, 0.717) is 0 Å². The quantitative estimate of drug-likeness (QED) is 0.616. The van der Waals surface area contributed by atoms with E-state index in [9.17, 15) is 4.79 Å². The molecule has 2 aliphatic rings. The van der Waals surface area contributed by atoms with Crippen LogP contribution in [0.25, 0.3) is 0 Å². The van der Waals surface area contributed by atoms with Crippen molar-refractivity contribution >= 4 is 5.91 Å². The molecule has 0 radical (unpaired) electrons. The number of piperazine rings is 1. The second-order valence-electron chi connectivity index (χ2n) is 4.29. The predicted molar refractivity (Wildman–Crippen MR) is 55.1 cm³/mol. The largest absolute Gasteiger partial charge is 0.355 e. The van der Waals surface area contributed by atoms with Crippen LogP contribution in [0.15, 0.2) is 0 Å². The summed E-state index contributed by atoms with van der Waals surface area (Å²) in [5.41, 5.74) is 0. The first kappa shape index (κ1) is 9.93. The molecule has 4 nitrogen and oxygen atoms in total. The Hall–Kier alpha value is -0.610. The lowest BCUT2D eigenvalue weighted by Gasteiger charge is -2.38. The highest BCUT2D eigenvalue weighted by Crippen LogP contribution is 2.13. The van der Waals surface area contributed by atoms with Gasteiger partial charge in [0.05, 0.1) is 6.04 Å². The van der Waals surface area contributed by atoms with Gasteiger partial charge in [0, 0.05) is 32.7 Å². The van der Waals surface area contributed by atoms with Crippen LogP contribution in [0.4, 0.5) is 0 Å². The molecule has 0 aromatic heterocycles. The van der Waals surface area contributed by atoms with Gasteiger partial charge in [0.2, 0.25) is 5.91 Å². The Morgan fingerprint density at radius 1 is 1.29 bits per heavy atom. The Morgan fingerprint density at radius 3 is 2.64 bits per heavy atom. The number of rotatable bonds is 1. The van der Waals surface area contributed by atoms with Crippen molar-refractivity contribution in [3.8, 4) is 0 Å². The summed E-state index contributed by atoms with van der Waals surface area (Å²) in [5, 5.41) is 2.95. The standard InChI is InChI=1S/C10H19N3O/c1-12-5-7-13(8-6-12)9-3-2-4-11-10(9)14/h9H,2-8H2,1H3,(H,11,14). The van der Waals surface area contributed by atoms with Crippen molar-refractivity contribution in [3.05, 3.63) is 0 Å². The van der Waals surface area contributed by atoms with Crippen molar-refractivity contribution in [2.24, 2.45) is 0 Å². The molecule has 2 aliphatic heterocycles. The van der Waals surface area contributed by atoms with Crippen molar-refractivity contribution < 1.29 is 4.79 Å². The number of piperidine rings is 1. The molecule has 2 saturated heterocycles. The molecular weight excluding hydrogens is 178 g/mol. The third kappa shape index (κ3) is 2.07. The Balaban J connectivity index is 1.90. The molecule has 2 fully saturated rings. The summed E-state index contributed by atoms with van der Waals surface area (Å²) in [6.45, 7) is 5.11. The summed E-state index contributed by atoms with van der Waals surface area (Å²) < 4.78 is 0. The molecule has 0 bridgehead atoms. The average Bonchev–Trinajstić information content (AvgIpc) is 2.20. The van der Waals surface area contributed by atoms with Crippen molar-refractivity contribution in [2.45, 2.75) is 18.9 Å². The number of nitrogens with zero attached hydrogens (tertiary/aromatic N) is 2. The number of hydrogen-bond donors (Lipinski definition) is 1. The summed E-state index contributed by atoms with van der Waals surface area (Å²) in [6.07, 6.45) is 2.16. The molecule has 14 heavy (non-hydrogen) atoms. The minimum atomic E-state index is 0.150. The second-order valence-corrected chi connectivity index (χ2v) is 4.29. The number of likely N-dealkylation sites (N-methyl/N-ethyl adjacent to an activating group) is 1. The van der Waals surface area contributed by atoms with E-state index in [1.165, 1.54) is 0 Å². The van der Waals surface area contributed by atoms with Gasteiger partial charge in [-0.1, -0.05) is 0 Å². The van der Waals surface area contributed by atoms with Gasteiger partial charge in [-0.05, 0) is 19.9 Å². The van der Waals surface area contributed by atoms with E-state index in [4.69, 9.17) is 0 Å². The van der Waals surface area contributed by atoms with Crippen LogP contribution in [0.5, 0.6) is 0 Å². The van der Waals surface area contributed by atoms with E-state index in [1.54, 1.807) is 0 Å². The normalized spacial score (nSPS) is 31.5. The van der Waals surface area contributed by atoms with Gasteiger partial charge in [-0.2, -0.15) is 0 Å². The number of nitrogens with one attached hydrogen (secondary N) is 1. The molecule has 1 atom stereocenters. The highest BCUT2D eigenvalue weighted by molar-refractivity contribution is 5.82. The number of carbonyl (C=O) groups excluding carboxylic acids is 1. The highest BCUT2D eigenvalue weighted by atomic mass is 16.2. The van der Waals surface area contributed by atoms with Gasteiger partial charge in [0.1, 0.15) is 0 Å². The zero-order chi connectivity index (χ0) is 9.97. The van der Waals surface area contributed by atoms with E-state index in [2.05, 4.69) is 22.2 Å². The van der Waals surface area contributed by atoms with Crippen molar-refractivity contribution in [2.75, 3.05) is 39.8 Å². The Bertz CT molecular complexity index is 211. The SMILES string of the molecule is CN1CCN(C2CCCNC2=O)CC1. The molecule has 1 unspecified atom stereocenters. The topological polar surface area (TPSA) is 35.6 Å². The lowest BCUT2D eigenvalue weighted by Crippen LogP contribution is -2.56. The fourth-order valence-electron chi connectivity index (χ4n) is 2.24. The number of amides is 1. The van der Waals surface area contributed by atoms with E-state index in [1.807, 2.05) is 0 Å². The van der Waals surface area contributed by atoms with Crippen LogP contribution in [-0.2, 0) is 4.79 Å². The van der Waals surface area contributed by atoms with Crippen LogP contribution < -0.4 is 5.32 Å². The fraction of sp³-hybridized carbons (Fsp3) is 0.900. The lowest BCUT2D eigenvalue weighted by molar-refractivity contribution is -0.128. The molecule has 1 N–H and O–H groups in total. The van der Waals surface area contributed by atoms with Crippen LogP contribution in [-0.4, -0.2) is 61.5 Å². The number of hydrogen-bond acceptors (Lipinski definition) is 3. The minimum absolute atomic E-state index is 0.150. The zero-order valence-corrected chi connectivity index (χ0v) is 8.83. The first-order valence-corrected chi connectivity index (χ1v) is 5.47. The van der Waals surface area contributed by atoms with Crippen LogP contribution in [0.3, 0.4) is 0 Å². The first-order valence-electron chi connectivity index (χ1n) is 5.47. The second kappa shape index (κ2) is 4.28. The molecule has 2 rings (SSSR count). The van der Waals surface area contributed by atoms with Crippen LogP contribution >= 0.6 is 0 Å². The minimum Gasteiger partial charge on any atom is -0.355 e. The zero-order valence-electron chi connectivity index (χ0n) is 8.83. The van der Waals surface area contributed by atoms with E-state index < -0.39 is 0 Å². The maximum atomic E-state index is 11.6. The smallest absolute Gasteiger partial charge is 0.237 e. The highest BCUT2D eigenvalue weighted by Gasteiger charge is 2.29. The molecule has 2 heterocycles. The van der Waals surface area contributed by atoms with Gasteiger partial charge in [-0.25, -0.2) is 0 Å². The molecule has 0 spiro atoms. The van der Waals surface area contributed by atoms with Crippen molar-refractivity contribution in [3.63, 3.8) is 0 Å². The number of carbonyl (C=O) groups is 1. The van der Waals surface area contributed by atoms with Crippen LogP contribution in [0.2, 0.25) is 0 Å². The summed E-state index contributed by atoms with van der Waals surface area (Å²) in [6, 6.07) is 0.150. The maximum absolute atomic E-state index is 11.6. The Morgan fingerprint density at radius 2 is 2.00 bits per heavy atom. The summed E-state index contributed by atoms with van der Waals surface area (Å²) in [7, 11) is 2.14. The molecule has 0 aromatic rings. The van der Waals surface area contributed by atoms with E-state index >= 15 is 0 Å². The van der Waals surface area contributed by atoms with Crippen molar-refractivity contribution in [1.82, 2.24) is 15.1 Å². The lowest BCUT2D eigenvalue weighted by atomic mass is 10.0. The van der Waals surface area contributed by atoms with Crippen molar-refractivity contribution in [1.29, 1.82) is 0 Å². The maximum Gasteiger partial charge on any atom is 0.237 e. The van der Waals surface area contributed by atoms with Crippen LogP contribution in [0, 0.1) is 0 Å². The predicted octanol–water partition coefficient (Wildman–Crippen LogP) is -0.488. The average molecular weight is 197 g/mol. The molecule has 0 aromatic carbocycles. The monoisotopic (exact) mass is 197 g/mol. The van der Waals surface area contributed by atoms with E-state index in [0.717, 1.165) is 45.6 Å². The van der Waals surface area contributed by atoms with Gasteiger partial charge in [-0.3, -0.25) is 9.69 Å². The van der Waals surface area contributed by atoms with Gasteiger partial charge in [0.25, 0.3) is 0 Å². The van der Waals surface area contributed by atoms with Gasteiger partial charge in [-0.15, -0.1) is 0 Å². The third-order valence-corrected chi connectivity index (χ3v) is 3.23. The Labute approximate surface area is 85.2 Å². The first-order chi connectivity index (χ1) is 6.77. The third-order valence-electron chi connectivity index (χ3n) is 3.23. The Kier molecular flexibility index (Phi) is 3.03. The molecular formula is C10H19N3O. The van der Waals surface area contributed by atoms with Gasteiger partial charge < -0.3 is 10.2 Å². The van der Waals surface area contributed by atoms with Gasteiger partial charge in [0.15, 0.2) is 0 Å². The van der Waals surface area contributed by atoms with Crippen LogP contribution in [0.1, 0.15) is 12.8 Å². The van der Waals surface area contributed by atoms with Gasteiger partial charge >= 0.3 is 0 Å².